The minimum absolute atomic E-state index is 0.708. The van der Waals surface area contributed by atoms with Crippen molar-refractivity contribution >= 4 is 17.0 Å². The largest absolute Gasteiger partial charge is 0.369 e. The van der Waals surface area contributed by atoms with E-state index in [1.54, 1.807) is 0 Å². The summed E-state index contributed by atoms with van der Waals surface area (Å²) in [6, 6.07) is 14.3. The molecule has 0 saturated carbocycles. The van der Waals surface area contributed by atoms with Crippen LogP contribution in [-0.2, 0) is 13.0 Å². The van der Waals surface area contributed by atoms with Crippen LogP contribution in [0.5, 0.6) is 0 Å². The highest BCUT2D eigenvalue weighted by molar-refractivity contribution is 7.12. The highest BCUT2D eigenvalue weighted by Crippen LogP contribution is 2.22. The van der Waals surface area contributed by atoms with E-state index in [1.807, 2.05) is 35.6 Å². The van der Waals surface area contributed by atoms with E-state index in [0.717, 1.165) is 18.7 Å². The highest BCUT2D eigenvalue weighted by atomic mass is 32.1. The molecule has 2 rings (SSSR count). The van der Waals surface area contributed by atoms with Crippen molar-refractivity contribution in [1.29, 1.82) is 5.26 Å². The first-order valence-corrected chi connectivity index (χ1v) is 6.83. The molecule has 0 aliphatic heterocycles. The van der Waals surface area contributed by atoms with Crippen LogP contribution in [0.25, 0.3) is 0 Å². The molecular formula is C15H16N2S. The number of benzene rings is 1. The molecule has 92 valence electrons. The topological polar surface area (TPSA) is 27.0 Å². The van der Waals surface area contributed by atoms with E-state index in [4.69, 9.17) is 5.26 Å². The smallest absolute Gasteiger partial charge is 0.0992 e. The van der Waals surface area contributed by atoms with Crippen LogP contribution < -0.4 is 4.90 Å². The number of aryl methyl sites for hydroxylation is 1. The van der Waals surface area contributed by atoms with Crippen molar-refractivity contribution in [3.8, 4) is 6.07 Å². The molecule has 0 spiro atoms. The molecule has 1 aromatic heterocycles. The Bertz CT molecular complexity index is 566. The van der Waals surface area contributed by atoms with Crippen LogP contribution in [0, 0.1) is 11.3 Å². The number of hydrogen-bond donors (Lipinski definition) is 0. The molecule has 3 heteroatoms. The first-order valence-electron chi connectivity index (χ1n) is 6.02. The van der Waals surface area contributed by atoms with E-state index in [9.17, 15) is 0 Å². The molecule has 0 radical (unpaired) electrons. The van der Waals surface area contributed by atoms with Crippen LogP contribution in [0.4, 0.5) is 5.69 Å². The van der Waals surface area contributed by atoms with Gasteiger partial charge in [0.15, 0.2) is 0 Å². The lowest BCUT2D eigenvalue weighted by molar-refractivity contribution is 0.940. The van der Waals surface area contributed by atoms with Crippen molar-refractivity contribution in [2.24, 2.45) is 0 Å². The molecule has 0 atom stereocenters. The Kier molecular flexibility index (Phi) is 4.01. The normalized spacial score (nSPS) is 10.1. The lowest BCUT2D eigenvalue weighted by atomic mass is 10.2. The molecule has 0 saturated heterocycles. The van der Waals surface area contributed by atoms with Crippen LogP contribution >= 0.6 is 11.3 Å². The predicted molar refractivity (Wildman–Crippen MR) is 77.0 cm³/mol. The van der Waals surface area contributed by atoms with E-state index in [0.29, 0.717) is 5.56 Å². The van der Waals surface area contributed by atoms with Gasteiger partial charge in [-0.15, -0.1) is 11.3 Å². The van der Waals surface area contributed by atoms with Gasteiger partial charge in [-0.05, 0) is 36.8 Å². The summed E-state index contributed by atoms with van der Waals surface area (Å²) in [4.78, 5) is 4.95. The minimum Gasteiger partial charge on any atom is -0.369 e. The Morgan fingerprint density at radius 1 is 1.22 bits per heavy atom. The molecule has 1 heterocycles. The third-order valence-electron chi connectivity index (χ3n) is 2.87. The molecular weight excluding hydrogens is 240 g/mol. The summed E-state index contributed by atoms with van der Waals surface area (Å²) in [6.45, 7) is 3.06. The zero-order valence-corrected chi connectivity index (χ0v) is 11.5. The second-order valence-electron chi connectivity index (χ2n) is 4.24. The molecule has 2 aromatic rings. The van der Waals surface area contributed by atoms with Gasteiger partial charge in [0.2, 0.25) is 0 Å². The van der Waals surface area contributed by atoms with Crippen LogP contribution in [0.1, 0.15) is 22.2 Å². The van der Waals surface area contributed by atoms with Crippen molar-refractivity contribution in [3.63, 3.8) is 0 Å². The second-order valence-corrected chi connectivity index (χ2v) is 5.49. The maximum atomic E-state index is 8.90. The Labute approximate surface area is 112 Å². The Hall–Kier alpha value is -1.79. The van der Waals surface area contributed by atoms with Gasteiger partial charge in [-0.2, -0.15) is 5.26 Å². The van der Waals surface area contributed by atoms with E-state index in [-0.39, 0.29) is 0 Å². The number of nitrogens with zero attached hydrogens (tertiary/aromatic N) is 2. The minimum atomic E-state index is 0.708. The molecule has 0 aliphatic carbocycles. The molecule has 1 aromatic carbocycles. The van der Waals surface area contributed by atoms with Crippen molar-refractivity contribution in [1.82, 2.24) is 0 Å². The van der Waals surface area contributed by atoms with Gasteiger partial charge in [-0.1, -0.05) is 13.0 Å². The quantitative estimate of drug-likeness (QED) is 0.831. The summed E-state index contributed by atoms with van der Waals surface area (Å²) >= 11 is 1.86. The zero-order chi connectivity index (χ0) is 13.0. The number of rotatable bonds is 4. The Morgan fingerprint density at radius 2 is 2.00 bits per heavy atom. The van der Waals surface area contributed by atoms with Crippen LogP contribution in [-0.4, -0.2) is 7.05 Å². The van der Waals surface area contributed by atoms with E-state index in [2.05, 4.69) is 37.1 Å². The van der Waals surface area contributed by atoms with Gasteiger partial charge in [0.25, 0.3) is 0 Å². The number of hydrogen-bond acceptors (Lipinski definition) is 3. The average Bonchev–Trinajstić information content (AvgIpc) is 2.86. The molecule has 0 amide bonds. The van der Waals surface area contributed by atoms with Gasteiger partial charge in [0.05, 0.1) is 18.2 Å². The summed E-state index contributed by atoms with van der Waals surface area (Å²) in [7, 11) is 2.06. The molecule has 0 fully saturated rings. The maximum Gasteiger partial charge on any atom is 0.0992 e. The summed E-state index contributed by atoms with van der Waals surface area (Å²) in [6.07, 6.45) is 1.10. The van der Waals surface area contributed by atoms with Crippen molar-refractivity contribution < 1.29 is 0 Å². The Morgan fingerprint density at radius 3 is 2.67 bits per heavy atom. The molecule has 18 heavy (non-hydrogen) atoms. The number of nitriles is 1. The van der Waals surface area contributed by atoms with Crippen LogP contribution in [0.3, 0.4) is 0 Å². The summed E-state index contributed by atoms with van der Waals surface area (Å²) in [5, 5.41) is 8.90. The first kappa shape index (κ1) is 12.7. The van der Waals surface area contributed by atoms with Crippen LogP contribution in [0.2, 0.25) is 0 Å². The summed E-state index contributed by atoms with van der Waals surface area (Å²) in [5.41, 5.74) is 1.79. The fourth-order valence-electron chi connectivity index (χ4n) is 1.84. The lowest BCUT2D eigenvalue weighted by Gasteiger charge is -2.18. The van der Waals surface area contributed by atoms with Crippen molar-refractivity contribution in [3.05, 3.63) is 51.7 Å². The second kappa shape index (κ2) is 5.70. The van der Waals surface area contributed by atoms with E-state index < -0.39 is 0 Å². The molecule has 0 unspecified atom stereocenters. The van der Waals surface area contributed by atoms with Gasteiger partial charge >= 0.3 is 0 Å². The van der Waals surface area contributed by atoms with Crippen LogP contribution in [0.15, 0.2) is 36.4 Å². The fraction of sp³-hybridized carbons (Fsp3) is 0.267. The third-order valence-corrected chi connectivity index (χ3v) is 4.09. The van der Waals surface area contributed by atoms with Gasteiger partial charge in [-0.3, -0.25) is 0 Å². The van der Waals surface area contributed by atoms with Gasteiger partial charge in [-0.25, -0.2) is 0 Å². The Balaban J connectivity index is 2.11. The predicted octanol–water partition coefficient (Wildman–Crippen LogP) is 3.82. The molecule has 0 aliphatic rings. The monoisotopic (exact) mass is 256 g/mol. The molecule has 2 nitrogen and oxygen atoms in total. The number of thiophene rings is 1. The van der Waals surface area contributed by atoms with Crippen molar-refractivity contribution in [2.75, 3.05) is 11.9 Å². The molecule has 0 bridgehead atoms. The maximum absolute atomic E-state index is 8.90. The van der Waals surface area contributed by atoms with E-state index in [1.165, 1.54) is 9.75 Å². The lowest BCUT2D eigenvalue weighted by Crippen LogP contribution is -2.15. The third kappa shape index (κ3) is 2.91. The van der Waals surface area contributed by atoms with Gasteiger partial charge < -0.3 is 4.90 Å². The van der Waals surface area contributed by atoms with Gasteiger partial charge in [0, 0.05) is 22.5 Å². The summed E-state index contributed by atoms with van der Waals surface area (Å²) < 4.78 is 0. The standard InChI is InChI=1S/C15H16N2S/c1-3-14-7-8-15(18-14)11-17(2)13-6-4-5-12(9-13)10-16/h4-9H,3,11H2,1-2H3. The van der Waals surface area contributed by atoms with Gasteiger partial charge in [0.1, 0.15) is 0 Å². The average molecular weight is 256 g/mol. The highest BCUT2D eigenvalue weighted by Gasteiger charge is 2.05. The first-order chi connectivity index (χ1) is 8.72. The number of anilines is 1. The zero-order valence-electron chi connectivity index (χ0n) is 10.7. The fourth-order valence-corrected chi connectivity index (χ4v) is 2.85. The SMILES string of the molecule is CCc1ccc(CN(C)c2cccc(C#N)c2)s1. The molecule has 0 N–H and O–H groups in total. The summed E-state index contributed by atoms with van der Waals surface area (Å²) in [5.74, 6) is 0. The van der Waals surface area contributed by atoms with Crippen molar-refractivity contribution in [2.45, 2.75) is 19.9 Å². The van der Waals surface area contributed by atoms with E-state index >= 15 is 0 Å².